The van der Waals surface area contributed by atoms with Crippen LogP contribution in [0.2, 0.25) is 5.02 Å². The maximum atomic E-state index is 13.0. The Morgan fingerprint density at radius 3 is 2.94 bits per heavy atom. The predicted molar refractivity (Wildman–Crippen MR) is 66.8 cm³/mol. The van der Waals surface area contributed by atoms with E-state index in [1.54, 1.807) is 12.1 Å². The van der Waals surface area contributed by atoms with Gasteiger partial charge < -0.3 is 10.4 Å². The van der Waals surface area contributed by atoms with Crippen molar-refractivity contribution in [3.05, 3.63) is 34.6 Å². The van der Waals surface area contributed by atoms with E-state index in [1.807, 2.05) is 0 Å². The van der Waals surface area contributed by atoms with Crippen LogP contribution in [0.3, 0.4) is 0 Å². The summed E-state index contributed by atoms with van der Waals surface area (Å²) in [5.41, 5.74) is 0.872. The average molecular weight is 258 g/mol. The fourth-order valence-corrected chi connectivity index (χ4v) is 2.46. The zero-order valence-corrected chi connectivity index (χ0v) is 10.4. The van der Waals surface area contributed by atoms with Gasteiger partial charge in [0.15, 0.2) is 0 Å². The van der Waals surface area contributed by atoms with Crippen molar-refractivity contribution in [1.29, 1.82) is 0 Å². The van der Waals surface area contributed by atoms with Crippen molar-refractivity contribution in [3.63, 3.8) is 0 Å². The number of piperidine rings is 1. The van der Waals surface area contributed by atoms with Crippen LogP contribution in [0.25, 0.3) is 0 Å². The van der Waals surface area contributed by atoms with Crippen LogP contribution >= 0.6 is 11.6 Å². The van der Waals surface area contributed by atoms with E-state index in [9.17, 15) is 9.50 Å². The minimum Gasteiger partial charge on any atom is -0.391 e. The number of aliphatic hydroxyl groups is 1. The summed E-state index contributed by atoms with van der Waals surface area (Å²) in [7, 11) is 0. The minimum atomic E-state index is -0.433. The third-order valence-corrected chi connectivity index (χ3v) is 3.53. The van der Waals surface area contributed by atoms with Crippen molar-refractivity contribution in [3.8, 4) is 0 Å². The molecule has 1 aliphatic heterocycles. The Morgan fingerprint density at radius 2 is 2.29 bits per heavy atom. The smallest absolute Gasteiger partial charge is 0.141 e. The van der Waals surface area contributed by atoms with Crippen LogP contribution in [0, 0.1) is 5.82 Å². The van der Waals surface area contributed by atoms with Crippen LogP contribution in [0.15, 0.2) is 18.2 Å². The highest BCUT2D eigenvalue weighted by Crippen LogP contribution is 2.19. The third kappa shape index (κ3) is 3.41. The second kappa shape index (κ2) is 5.80. The van der Waals surface area contributed by atoms with Crippen molar-refractivity contribution >= 4 is 11.6 Å². The van der Waals surface area contributed by atoms with Gasteiger partial charge in [-0.15, -0.1) is 0 Å². The Bertz CT molecular complexity index is 380. The highest BCUT2D eigenvalue weighted by molar-refractivity contribution is 6.30. The van der Waals surface area contributed by atoms with Crippen LogP contribution < -0.4 is 5.32 Å². The summed E-state index contributed by atoms with van der Waals surface area (Å²) < 4.78 is 13.0. The summed E-state index contributed by atoms with van der Waals surface area (Å²) in [6.07, 6.45) is 3.40. The fourth-order valence-electron chi connectivity index (χ4n) is 2.26. The Kier molecular flexibility index (Phi) is 4.37. The van der Waals surface area contributed by atoms with Crippen molar-refractivity contribution < 1.29 is 9.50 Å². The summed E-state index contributed by atoms with van der Waals surface area (Å²) in [6, 6.07) is 4.75. The maximum Gasteiger partial charge on any atom is 0.141 e. The molecule has 1 aromatic carbocycles. The molecule has 2 rings (SSSR count). The van der Waals surface area contributed by atoms with Crippen LogP contribution in [0.4, 0.5) is 4.39 Å². The molecule has 0 spiro atoms. The molecule has 1 aromatic rings. The molecule has 0 radical (unpaired) electrons. The molecule has 2 nitrogen and oxygen atoms in total. The van der Waals surface area contributed by atoms with Crippen molar-refractivity contribution in [2.45, 2.75) is 37.8 Å². The molecule has 1 fully saturated rings. The normalized spacial score (nSPS) is 22.4. The molecule has 0 aliphatic carbocycles. The molecule has 94 valence electrons. The number of rotatable bonds is 3. The first-order chi connectivity index (χ1) is 8.16. The van der Waals surface area contributed by atoms with Crippen molar-refractivity contribution in [2.75, 3.05) is 6.54 Å². The molecule has 2 unspecified atom stereocenters. The summed E-state index contributed by atoms with van der Waals surface area (Å²) >= 11 is 5.71. The second-order valence-electron chi connectivity index (χ2n) is 4.58. The van der Waals surface area contributed by atoms with Gasteiger partial charge in [0.1, 0.15) is 5.82 Å². The first kappa shape index (κ1) is 12.8. The number of halogens is 2. The lowest BCUT2D eigenvalue weighted by molar-refractivity contribution is 0.113. The SMILES string of the molecule is OC(Cc1ccc(F)c(Cl)c1)C1CCCCN1. The van der Waals surface area contributed by atoms with Gasteiger partial charge in [-0.25, -0.2) is 4.39 Å². The van der Waals surface area contributed by atoms with Gasteiger partial charge in [0, 0.05) is 6.04 Å². The maximum absolute atomic E-state index is 13.0. The lowest BCUT2D eigenvalue weighted by Crippen LogP contribution is -2.44. The van der Waals surface area contributed by atoms with Crippen LogP contribution in [-0.2, 0) is 6.42 Å². The van der Waals surface area contributed by atoms with E-state index >= 15 is 0 Å². The van der Waals surface area contributed by atoms with E-state index in [2.05, 4.69) is 5.32 Å². The summed E-state index contributed by atoms with van der Waals surface area (Å²) in [6.45, 7) is 0.964. The molecule has 0 aromatic heterocycles. The Morgan fingerprint density at radius 1 is 1.47 bits per heavy atom. The summed E-state index contributed by atoms with van der Waals surface area (Å²) in [4.78, 5) is 0. The van der Waals surface area contributed by atoms with E-state index in [0.717, 1.165) is 24.9 Å². The number of benzene rings is 1. The standard InChI is InChI=1S/C13H17ClFNO/c14-10-7-9(4-5-11(10)15)8-13(17)12-3-1-2-6-16-12/h4-5,7,12-13,16-17H,1-3,6,8H2. The minimum absolute atomic E-state index is 0.117. The van der Waals surface area contributed by atoms with Gasteiger partial charge in [-0.05, 0) is 43.5 Å². The molecule has 1 aliphatic rings. The zero-order chi connectivity index (χ0) is 12.3. The van der Waals surface area contributed by atoms with E-state index in [1.165, 1.54) is 12.5 Å². The van der Waals surface area contributed by atoms with Crippen LogP contribution in [0.1, 0.15) is 24.8 Å². The first-order valence-corrected chi connectivity index (χ1v) is 6.40. The van der Waals surface area contributed by atoms with Crippen LogP contribution in [-0.4, -0.2) is 23.8 Å². The molecule has 0 saturated carbocycles. The monoisotopic (exact) mass is 257 g/mol. The van der Waals surface area contributed by atoms with Crippen molar-refractivity contribution in [1.82, 2.24) is 5.32 Å². The highest BCUT2D eigenvalue weighted by atomic mass is 35.5. The lowest BCUT2D eigenvalue weighted by Gasteiger charge is -2.28. The number of hydrogen-bond donors (Lipinski definition) is 2. The number of nitrogens with one attached hydrogen (secondary N) is 1. The Balaban J connectivity index is 1.96. The van der Waals surface area contributed by atoms with E-state index in [-0.39, 0.29) is 11.1 Å². The third-order valence-electron chi connectivity index (χ3n) is 3.24. The fraction of sp³-hybridized carbons (Fsp3) is 0.538. The van der Waals surface area contributed by atoms with Gasteiger partial charge in [0.25, 0.3) is 0 Å². The zero-order valence-electron chi connectivity index (χ0n) is 9.63. The van der Waals surface area contributed by atoms with Gasteiger partial charge >= 0.3 is 0 Å². The van der Waals surface area contributed by atoms with Gasteiger partial charge in [-0.3, -0.25) is 0 Å². The molecule has 1 saturated heterocycles. The van der Waals surface area contributed by atoms with Crippen LogP contribution in [0.5, 0.6) is 0 Å². The summed E-state index contributed by atoms with van der Waals surface area (Å²) in [5.74, 6) is -0.416. The Labute approximate surface area is 106 Å². The molecule has 1 heterocycles. The molecule has 0 amide bonds. The second-order valence-corrected chi connectivity index (χ2v) is 4.98. The van der Waals surface area contributed by atoms with Gasteiger partial charge in [-0.1, -0.05) is 24.1 Å². The van der Waals surface area contributed by atoms with E-state index < -0.39 is 11.9 Å². The Hall–Kier alpha value is -0.640. The quantitative estimate of drug-likeness (QED) is 0.872. The topological polar surface area (TPSA) is 32.3 Å². The molecular weight excluding hydrogens is 241 g/mol. The van der Waals surface area contributed by atoms with Crippen molar-refractivity contribution in [2.24, 2.45) is 0 Å². The van der Waals surface area contributed by atoms with Gasteiger partial charge in [0.05, 0.1) is 11.1 Å². The molecule has 2 atom stereocenters. The molecule has 4 heteroatoms. The van der Waals surface area contributed by atoms with E-state index in [0.29, 0.717) is 6.42 Å². The van der Waals surface area contributed by atoms with Gasteiger partial charge in [-0.2, -0.15) is 0 Å². The lowest BCUT2D eigenvalue weighted by atomic mass is 9.95. The van der Waals surface area contributed by atoms with E-state index in [4.69, 9.17) is 11.6 Å². The average Bonchev–Trinajstić information content (AvgIpc) is 2.35. The molecule has 0 bridgehead atoms. The summed E-state index contributed by atoms with van der Waals surface area (Å²) in [5, 5.41) is 13.5. The first-order valence-electron chi connectivity index (χ1n) is 6.02. The largest absolute Gasteiger partial charge is 0.391 e. The molecule has 2 N–H and O–H groups in total. The highest BCUT2D eigenvalue weighted by Gasteiger charge is 2.21. The predicted octanol–water partition coefficient (Wildman–Crippen LogP) is 2.52. The number of hydrogen-bond acceptors (Lipinski definition) is 2. The van der Waals surface area contributed by atoms with Gasteiger partial charge in [0.2, 0.25) is 0 Å². The number of aliphatic hydroxyl groups excluding tert-OH is 1. The molecule has 17 heavy (non-hydrogen) atoms. The molecular formula is C13H17ClFNO.